The number of anilines is 14. The van der Waals surface area contributed by atoms with Crippen molar-refractivity contribution in [2.24, 2.45) is 0 Å². The summed E-state index contributed by atoms with van der Waals surface area (Å²) >= 11 is 0. The topological polar surface area (TPSA) is 433 Å². The van der Waals surface area contributed by atoms with Crippen LogP contribution in [0.15, 0.2) is 410 Å². The summed E-state index contributed by atoms with van der Waals surface area (Å²) < 4.78 is 42.1. The summed E-state index contributed by atoms with van der Waals surface area (Å²) in [5.74, 6) is 0.0962. The van der Waals surface area contributed by atoms with Gasteiger partial charge in [-0.05, 0) is 146 Å². The molecule has 19 rings (SSSR count). The number of hydrogen-bond acceptors (Lipinski definition) is 25. The zero-order valence-corrected chi connectivity index (χ0v) is 74.7. The van der Waals surface area contributed by atoms with Crippen molar-refractivity contribution in [1.82, 2.24) is 19.9 Å². The Balaban J connectivity index is 0.000000147. The fourth-order valence-corrected chi connectivity index (χ4v) is 15.3. The normalized spacial score (nSPS) is 11.1. The molecule has 1 fully saturated rings. The number of carbonyl (C=O) groups is 1. The van der Waals surface area contributed by atoms with Gasteiger partial charge in [-0.15, -0.1) is 0 Å². The molecular weight excluding hydrogens is 1830 g/mol. The van der Waals surface area contributed by atoms with Crippen molar-refractivity contribution in [1.29, 1.82) is 10.5 Å². The third-order valence-corrected chi connectivity index (χ3v) is 21.8. The van der Waals surface area contributed by atoms with Crippen molar-refractivity contribution in [3.63, 3.8) is 0 Å². The number of para-hydroxylation sites is 12. The number of carbonyl (C=O) groups excluding carboxylic acids is 1. The number of alkyl halides is 3. The smallest absolute Gasteiger partial charge is 0.303 e. The molecule has 0 spiro atoms. The maximum absolute atomic E-state index is 13.1. The Morgan fingerprint density at radius 3 is 0.965 bits per heavy atom. The van der Waals surface area contributed by atoms with Crippen LogP contribution in [0.3, 0.4) is 0 Å². The van der Waals surface area contributed by atoms with Crippen LogP contribution >= 0.6 is 0 Å². The van der Waals surface area contributed by atoms with E-state index in [9.17, 15) is 88.7 Å². The largest absolute Gasteiger partial charge is 0.416 e. The number of amides is 1. The van der Waals surface area contributed by atoms with Gasteiger partial charge < -0.3 is 10.9 Å². The van der Waals surface area contributed by atoms with E-state index in [-0.39, 0.29) is 63.0 Å². The number of nitro benzene ring substituents is 5. The molecule has 1 saturated heterocycles. The molecule has 1 amide bonds. The lowest BCUT2D eigenvalue weighted by atomic mass is 10.0. The molecule has 2 aromatic heterocycles. The van der Waals surface area contributed by atoms with Gasteiger partial charge in [0.25, 0.3) is 16.8 Å². The second-order valence-electron chi connectivity index (χ2n) is 30.8. The maximum Gasteiger partial charge on any atom is 0.416 e. The van der Waals surface area contributed by atoms with E-state index in [1.54, 1.807) is 121 Å². The molecule has 1 aliphatic heterocycles. The van der Waals surface area contributed by atoms with Crippen LogP contribution in [0, 0.1) is 79.8 Å². The van der Waals surface area contributed by atoms with Gasteiger partial charge in [-0.3, -0.25) is 121 Å². The molecule has 0 radical (unpaired) electrons. The predicted molar refractivity (Wildman–Crippen MR) is 543 cm³/mol. The van der Waals surface area contributed by atoms with Gasteiger partial charge in [0.05, 0.1) is 156 Å². The van der Waals surface area contributed by atoms with Crippen LogP contribution in [0.4, 0.5) is 127 Å². The number of hydrogen-bond donors (Lipinski definition) is 7. The van der Waals surface area contributed by atoms with Crippen LogP contribution in [0.25, 0.3) is 43.1 Å². The quantitative estimate of drug-likeness (QED) is 0.0159. The number of H-pyrrole nitrogens is 1. The molecule has 0 aliphatic carbocycles. The van der Waals surface area contributed by atoms with Gasteiger partial charge >= 0.3 is 28.9 Å². The van der Waals surface area contributed by atoms with E-state index < -0.39 is 76.2 Å². The van der Waals surface area contributed by atoms with E-state index in [1.165, 1.54) is 14.4 Å². The lowest BCUT2D eigenvalue weighted by Gasteiger charge is -2.33. The standard InChI is InChI=1S/C45H33N9.C19H13F3N4O4.C18H11N5O6.C14H10N2O2.C9H10N2O/c1-48-45-43(50-53(36-24-12-4-13-25-36)37-26-14-5-15-27-37)40(32-46)42(49-52(34-20-8-2-9-21-34)35-22-10-3-11-23-35)41(33-47)44(45)51-54(38-28-16-6-17-29-38)39-30-18-7-19-31-39;20-19(21,22)13-11-16(25(27)28)18(17(12-13)26(29)30)23-24(14-7-3-1-4-8-14)15-9-5-2-6-10-15;24-21(25)11-9-16(22(26)27)18(17(10-11)23(28)29)19-20-14-7-3-1-5-12(14)13-6-2-4-8-15(13)20;17-13-11-8-4-5-9-12(11)14(18)16(15-13)10-6-2-1-3-7-10;12-9-6-7-11(10-9)8-4-2-1-3-5-8/h2-31,49-51H;1-12,23H;1-10,19H;1-9H,(H,15,17);1-5H,6-7H2,(H,10,12). The van der Waals surface area contributed by atoms with Gasteiger partial charge in [-0.25, -0.2) is 9.53 Å². The van der Waals surface area contributed by atoms with Crippen LogP contribution in [0.1, 0.15) is 23.1 Å². The van der Waals surface area contributed by atoms with Gasteiger partial charge in [0.15, 0.2) is 0 Å². The molecule has 143 heavy (non-hydrogen) atoms. The minimum Gasteiger partial charge on any atom is -0.303 e. The van der Waals surface area contributed by atoms with Crippen LogP contribution in [0.5, 0.6) is 0 Å². The van der Waals surface area contributed by atoms with E-state index in [4.69, 9.17) is 6.57 Å². The highest BCUT2D eigenvalue weighted by molar-refractivity contribution is 6.09. The number of aromatic amines is 1. The lowest BCUT2D eigenvalue weighted by Crippen LogP contribution is -2.32. The number of nitrogens with zero attached hydrogens (tertiary/aromatic N) is 15. The number of nitro groups is 5. The molecular formula is C105H77F3N22O13. The fraction of sp³-hybridized carbons (Fsp3) is 0.0286. The molecule has 35 nitrogen and oxygen atoms in total. The number of non-ortho nitro benzene ring substituents is 1. The first-order valence-electron chi connectivity index (χ1n) is 43.3. The molecule has 0 unspecified atom stereocenters. The number of hydrazine groups is 5. The number of nitrogens with one attached hydrogen (secondary N) is 7. The van der Waals surface area contributed by atoms with E-state index in [0.717, 1.165) is 57.1 Å². The van der Waals surface area contributed by atoms with E-state index in [0.29, 0.717) is 57.4 Å². The predicted octanol–water partition coefficient (Wildman–Crippen LogP) is 24.2. The van der Waals surface area contributed by atoms with E-state index >= 15 is 0 Å². The SMILES string of the molecule is O=C1CCN(c2ccccc2)N1.O=[N+]([O-])c1cc(C(F)(F)F)cc([N+](=O)[O-])c1NN(c1ccccc1)c1ccccc1.O=[N+]([O-])c1cc([N+](=O)[O-])c(Nn2c3ccccc3c3ccccc32)c([N+](=O)[O-])c1.O=c1[nH]n(-c2ccccc2)c(=O)c2ccccc12.[C-]#[N+]c1c(NN(c2ccccc2)c2ccccc2)c(C#N)c(NN(c2ccccc2)c2ccccc2)c(C#N)c1NN(c1ccccc1)c1ccccc1. The Hall–Kier alpha value is -21.0. The Labute approximate surface area is 809 Å². The molecule has 38 heteroatoms. The summed E-state index contributed by atoms with van der Waals surface area (Å²) in [6, 6.07) is 121. The first-order chi connectivity index (χ1) is 69.4. The second kappa shape index (κ2) is 44.4. The first kappa shape index (κ1) is 96.6. The summed E-state index contributed by atoms with van der Waals surface area (Å²) in [4.78, 5) is 91.3. The minimum atomic E-state index is -4.99. The number of aromatic nitrogens is 3. The van der Waals surface area contributed by atoms with Crippen LogP contribution < -0.4 is 68.7 Å². The summed E-state index contributed by atoms with van der Waals surface area (Å²) in [6.45, 7) is 9.38. The fourth-order valence-electron chi connectivity index (χ4n) is 15.3. The zero-order chi connectivity index (χ0) is 101. The Kier molecular flexibility index (Phi) is 30.0. The van der Waals surface area contributed by atoms with E-state index in [1.807, 2.05) is 275 Å². The van der Waals surface area contributed by atoms with Crippen molar-refractivity contribution in [3.8, 4) is 17.8 Å². The van der Waals surface area contributed by atoms with Gasteiger partial charge in [-0.1, -0.05) is 231 Å². The van der Waals surface area contributed by atoms with Crippen LogP contribution in [-0.4, -0.2) is 51.5 Å². The van der Waals surface area contributed by atoms with Gasteiger partial charge in [-0.2, -0.15) is 23.7 Å². The van der Waals surface area contributed by atoms with Crippen molar-refractivity contribution in [3.05, 3.63) is 500 Å². The third kappa shape index (κ3) is 22.3. The summed E-state index contributed by atoms with van der Waals surface area (Å²) in [5, 5.41) is 93.0. The maximum atomic E-state index is 13.1. The molecule has 7 N–H and O–H groups in total. The van der Waals surface area contributed by atoms with Crippen molar-refractivity contribution in [2.45, 2.75) is 12.6 Å². The summed E-state index contributed by atoms with van der Waals surface area (Å²) in [7, 11) is 0. The van der Waals surface area contributed by atoms with Gasteiger partial charge in [0.1, 0.15) is 12.1 Å². The summed E-state index contributed by atoms with van der Waals surface area (Å²) in [6.07, 6.45) is -4.40. The van der Waals surface area contributed by atoms with Crippen LogP contribution in [0.2, 0.25) is 0 Å². The Morgan fingerprint density at radius 2 is 0.657 bits per heavy atom. The lowest BCUT2D eigenvalue weighted by molar-refractivity contribution is -0.401. The molecule has 1 aliphatic rings. The minimum absolute atomic E-state index is 0.0494. The number of halogens is 3. The number of rotatable bonds is 25. The van der Waals surface area contributed by atoms with Crippen molar-refractivity contribution >= 4 is 152 Å². The average Bonchev–Trinajstić information content (AvgIpc) is 1.43. The highest BCUT2D eigenvalue weighted by Crippen LogP contribution is 2.50. The third-order valence-electron chi connectivity index (χ3n) is 21.8. The van der Waals surface area contributed by atoms with Crippen molar-refractivity contribution in [2.75, 3.05) is 58.7 Å². The molecule has 0 bridgehead atoms. The number of fused-ring (bicyclic) bond motifs is 4. The van der Waals surface area contributed by atoms with Crippen LogP contribution in [-0.2, 0) is 11.0 Å². The molecule has 706 valence electrons. The monoisotopic (exact) mass is 1910 g/mol. The molecule has 0 atom stereocenters. The number of benzene rings is 16. The van der Waals surface area contributed by atoms with E-state index in [2.05, 4.69) is 54.6 Å². The first-order valence-corrected chi connectivity index (χ1v) is 43.3. The molecule has 16 aromatic carbocycles. The molecule has 3 heterocycles. The molecule has 0 saturated carbocycles. The zero-order valence-electron chi connectivity index (χ0n) is 74.7. The summed E-state index contributed by atoms with van der Waals surface area (Å²) in [5.41, 5.74) is 20.2. The Bertz CT molecular complexity index is 7380. The van der Waals surface area contributed by atoms with Gasteiger partial charge in [0, 0.05) is 35.9 Å². The Morgan fingerprint density at radius 1 is 0.364 bits per heavy atom. The number of nitriles is 2. The highest BCUT2D eigenvalue weighted by atomic mass is 19.4. The second-order valence-corrected chi connectivity index (χ2v) is 30.8. The van der Waals surface area contributed by atoms with Crippen molar-refractivity contribution < 1.29 is 42.6 Å². The molecule has 18 aromatic rings. The highest BCUT2D eigenvalue weighted by Gasteiger charge is 2.40. The van der Waals surface area contributed by atoms with Gasteiger partial charge in [0.2, 0.25) is 23.0 Å². The average molecular weight is 1910 g/mol.